The van der Waals surface area contributed by atoms with E-state index in [4.69, 9.17) is 38.9 Å². The number of cyclic esters (lactones) is 1. The van der Waals surface area contributed by atoms with Gasteiger partial charge in [-0.05, 0) is 43.5 Å². The number of aliphatic hydroxyl groups is 5. The lowest BCUT2D eigenvalue weighted by molar-refractivity contribution is -0.308. The van der Waals surface area contributed by atoms with Crippen LogP contribution in [0.25, 0.3) is 21.7 Å². The zero-order valence-electron chi connectivity index (χ0n) is 40.0. The Bertz CT molecular complexity index is 2590. The minimum absolute atomic E-state index is 0.0789. The number of aromatic nitrogens is 4. The van der Waals surface area contributed by atoms with E-state index < -0.39 is 97.3 Å². The monoisotopic (exact) mass is 1020 g/mol. The number of aliphatic hydroxyl groups excluding tert-OH is 4. The average Bonchev–Trinajstić information content (AvgIpc) is 3.64. The molecule has 2 bridgehead atoms. The second-order valence-electron chi connectivity index (χ2n) is 17.8. The highest BCUT2D eigenvalue weighted by molar-refractivity contribution is 7.13. The Morgan fingerprint density at radius 2 is 1.69 bits per heavy atom. The number of H-pyrrole nitrogens is 1. The van der Waals surface area contributed by atoms with Crippen LogP contribution in [0.15, 0.2) is 103 Å². The largest absolute Gasteiger partial charge is 0.493 e. The van der Waals surface area contributed by atoms with Gasteiger partial charge in [0.15, 0.2) is 35.2 Å². The quantitative estimate of drug-likeness (QED) is 0.0891. The summed E-state index contributed by atoms with van der Waals surface area (Å²) in [6.07, 6.45) is 6.94. The standard InChI is InChI=1S/C33H47NO13.C17H15N5O2S/c1-18-10-8-6-4-3-5-7-9-11-21(45-32-30(39)28(34)29(38)19(2)44-32)15-25-27(31(40)41)22(36)17-33(42,47-25)16-20(35)14-24-23(46-24)12-13-26(37)43-18;1-23-12-6-5-10(8-13(12)24-2)19-17-15-11(9-18-22-15)20-16(21-17)14-4-3-7-25-14/h3-9,11-13,18-25,27-30,32,35-36,38-39,42H,10,14-17,34H2,1-2H3,(H,40,41);3-9H,1-2H3,(H,18,22)(H,19,20,21)/b4-3+,7-5+,8-6+,11-9+,13-12+;/t18-,19-,20+,21+,22+,23-,24-,25+,27-,28+,29-,30+,32+,33-;/m1./s1. The Morgan fingerprint density at radius 1 is 0.931 bits per heavy atom. The third kappa shape index (κ3) is 14.2. The summed E-state index contributed by atoms with van der Waals surface area (Å²) in [6, 6.07) is 8.49. The Hall–Kier alpha value is -5.89. The number of aliphatic carboxylic acids is 1. The number of ether oxygens (including phenoxy) is 7. The first-order chi connectivity index (χ1) is 34.5. The number of carbonyl (C=O) groups is 2. The van der Waals surface area contributed by atoms with Crippen molar-refractivity contribution in [2.24, 2.45) is 11.7 Å². The number of allylic oxidation sites excluding steroid dienone is 6. The van der Waals surface area contributed by atoms with Crippen molar-refractivity contribution in [1.29, 1.82) is 0 Å². The van der Waals surface area contributed by atoms with E-state index in [1.807, 2.05) is 41.8 Å². The minimum atomic E-state index is -2.10. The van der Waals surface area contributed by atoms with Crippen LogP contribution in [0.4, 0.5) is 11.5 Å². The zero-order valence-corrected chi connectivity index (χ0v) is 40.9. The van der Waals surface area contributed by atoms with Crippen LogP contribution in [0.2, 0.25) is 0 Å². The molecule has 10 N–H and O–H groups in total. The number of benzene rings is 1. The van der Waals surface area contributed by atoms with Gasteiger partial charge in [-0.2, -0.15) is 5.10 Å². The van der Waals surface area contributed by atoms with Crippen molar-refractivity contribution in [2.45, 2.75) is 125 Å². The second-order valence-corrected chi connectivity index (χ2v) is 18.7. The van der Waals surface area contributed by atoms with E-state index in [1.54, 1.807) is 88.1 Å². The van der Waals surface area contributed by atoms with Crippen LogP contribution in [0.1, 0.15) is 46.0 Å². The van der Waals surface area contributed by atoms with Crippen LogP contribution >= 0.6 is 11.3 Å². The number of methoxy groups -OCH3 is 2. The molecule has 0 radical (unpaired) electrons. The number of nitrogens with zero attached hydrogens (tertiary/aromatic N) is 3. The van der Waals surface area contributed by atoms with Crippen molar-refractivity contribution in [3.05, 3.63) is 103 Å². The molecule has 3 saturated heterocycles. The van der Waals surface area contributed by atoms with Crippen molar-refractivity contribution in [3.63, 3.8) is 0 Å². The average molecular weight is 1020 g/mol. The van der Waals surface area contributed by atoms with Crippen molar-refractivity contribution < 1.29 is 73.4 Å². The topological polar surface area (TPSA) is 316 Å². The number of anilines is 2. The van der Waals surface area contributed by atoms with Gasteiger partial charge in [-0.1, -0.05) is 54.7 Å². The van der Waals surface area contributed by atoms with E-state index in [9.17, 15) is 40.2 Å². The number of hydrogen-bond acceptors (Lipinski definition) is 20. The number of aromatic amines is 1. The Morgan fingerprint density at radius 3 is 2.43 bits per heavy atom. The van der Waals surface area contributed by atoms with Gasteiger partial charge in [0.2, 0.25) is 0 Å². The van der Waals surface area contributed by atoms with E-state index in [1.165, 1.54) is 12.2 Å². The lowest BCUT2D eigenvalue weighted by atomic mass is 9.83. The molecule has 22 heteroatoms. The number of epoxide rings is 1. The molecule has 14 atom stereocenters. The van der Waals surface area contributed by atoms with E-state index >= 15 is 0 Å². The Kier molecular flexibility index (Phi) is 18.5. The van der Waals surface area contributed by atoms with Gasteiger partial charge in [-0.3, -0.25) is 9.89 Å². The summed E-state index contributed by atoms with van der Waals surface area (Å²) >= 11 is 1.59. The summed E-state index contributed by atoms with van der Waals surface area (Å²) in [5.41, 5.74) is 8.30. The van der Waals surface area contributed by atoms with Crippen LogP contribution < -0.4 is 20.5 Å². The summed E-state index contributed by atoms with van der Waals surface area (Å²) in [5.74, 6) is -2.83. The Balaban J connectivity index is 0.000000253. The fraction of sp³-hybridized carbons (Fsp3) is 0.460. The number of carboxylic acid groups (broad SMARTS) is 1. The van der Waals surface area contributed by atoms with Crippen LogP contribution in [0, 0.1) is 5.92 Å². The molecule has 4 aliphatic rings. The van der Waals surface area contributed by atoms with Gasteiger partial charge in [-0.25, -0.2) is 14.8 Å². The lowest BCUT2D eigenvalue weighted by Gasteiger charge is -2.45. The maximum Gasteiger partial charge on any atom is 0.330 e. The Labute approximate surface area is 419 Å². The third-order valence-electron chi connectivity index (χ3n) is 12.3. The van der Waals surface area contributed by atoms with Crippen molar-refractivity contribution in [1.82, 2.24) is 20.2 Å². The molecule has 7 heterocycles. The molecular weight excluding hydrogens is 957 g/mol. The fourth-order valence-corrected chi connectivity index (χ4v) is 9.16. The molecule has 4 aromatic rings. The highest BCUT2D eigenvalue weighted by atomic mass is 32.1. The van der Waals surface area contributed by atoms with Crippen molar-refractivity contribution in [2.75, 3.05) is 19.5 Å². The molecule has 3 fully saturated rings. The predicted molar refractivity (Wildman–Crippen MR) is 263 cm³/mol. The van der Waals surface area contributed by atoms with E-state index in [0.29, 0.717) is 29.6 Å². The van der Waals surface area contributed by atoms with Crippen molar-refractivity contribution >= 4 is 45.8 Å². The summed E-state index contributed by atoms with van der Waals surface area (Å²) in [7, 11) is 3.21. The van der Waals surface area contributed by atoms with Gasteiger partial charge in [0.25, 0.3) is 0 Å². The second kappa shape index (κ2) is 24.7. The number of nitrogens with two attached hydrogens (primary N) is 1. The summed E-state index contributed by atoms with van der Waals surface area (Å²) in [5, 5.41) is 76.3. The first-order valence-corrected chi connectivity index (χ1v) is 24.3. The van der Waals surface area contributed by atoms with Gasteiger partial charge in [-0.15, -0.1) is 11.3 Å². The summed E-state index contributed by atoms with van der Waals surface area (Å²) in [4.78, 5) is 34.6. The highest BCUT2D eigenvalue weighted by Gasteiger charge is 2.51. The van der Waals surface area contributed by atoms with Gasteiger partial charge >= 0.3 is 11.9 Å². The molecule has 0 unspecified atom stereocenters. The number of thiophene rings is 1. The smallest absolute Gasteiger partial charge is 0.330 e. The molecule has 0 amide bonds. The molecule has 8 rings (SSSR count). The molecule has 0 spiro atoms. The van der Waals surface area contributed by atoms with Gasteiger partial charge in [0.05, 0.1) is 74.1 Å². The van der Waals surface area contributed by atoms with Crippen LogP contribution in [-0.2, 0) is 33.3 Å². The number of carbonyl (C=O) groups excluding carboxylic acids is 1. The van der Waals surface area contributed by atoms with Gasteiger partial charge in [0, 0.05) is 49.9 Å². The summed E-state index contributed by atoms with van der Waals surface area (Å²) < 4.78 is 39.1. The van der Waals surface area contributed by atoms with Gasteiger partial charge in [0.1, 0.15) is 35.3 Å². The molecule has 388 valence electrons. The van der Waals surface area contributed by atoms with Crippen LogP contribution in [0.3, 0.4) is 0 Å². The summed E-state index contributed by atoms with van der Waals surface area (Å²) in [6.45, 7) is 3.34. The van der Waals surface area contributed by atoms with E-state index in [0.717, 1.165) is 21.6 Å². The molecule has 1 aromatic carbocycles. The fourth-order valence-electron chi connectivity index (χ4n) is 8.50. The molecule has 72 heavy (non-hydrogen) atoms. The number of rotatable bonds is 8. The predicted octanol–water partition coefficient (Wildman–Crippen LogP) is 3.96. The lowest BCUT2D eigenvalue weighted by Crippen LogP contribution is -2.61. The molecular formula is C50H62N6O15S. The molecule has 3 aromatic heterocycles. The first-order valence-electron chi connectivity index (χ1n) is 23.4. The highest BCUT2D eigenvalue weighted by Crippen LogP contribution is 2.39. The molecule has 0 saturated carbocycles. The van der Waals surface area contributed by atoms with Crippen molar-refractivity contribution in [3.8, 4) is 22.2 Å². The molecule has 0 aliphatic carbocycles. The maximum atomic E-state index is 12.3. The van der Waals surface area contributed by atoms with Gasteiger partial charge < -0.3 is 74.8 Å². The number of carboxylic acids is 1. The maximum absolute atomic E-state index is 12.3. The van der Waals surface area contributed by atoms with Crippen LogP contribution in [-0.4, -0.2) is 156 Å². The van der Waals surface area contributed by atoms with E-state index in [2.05, 4.69) is 25.5 Å². The number of nitrogens with one attached hydrogen (secondary N) is 2. The number of hydrogen-bond donors (Lipinski definition) is 9. The number of fused-ring (bicyclic) bond motifs is 4. The number of esters is 1. The third-order valence-corrected chi connectivity index (χ3v) is 13.1. The zero-order chi connectivity index (χ0) is 51.5. The first kappa shape index (κ1) is 53.9. The molecule has 21 nitrogen and oxygen atoms in total. The SMILES string of the molecule is COc1ccc(Nc2nc(-c3cccs3)nc3cn[nH]c23)cc1OC.C[C@@H]1C/C=C/C=C/C=C/C=C/[C@H](O[C@@H]2O[C@H](C)[C@@H](O)[C@H](N)[C@@H]2O)C[C@@H]2O[C@](O)(C[C@@H](O)C[C@H]3O[C@@H]3/C=C/C(=O)O1)C[C@H](O)[C@H]2C(=O)O. The normalized spacial score (nSPS) is 34.6. The minimum Gasteiger partial charge on any atom is -0.493 e. The molecule has 4 aliphatic heterocycles. The van der Waals surface area contributed by atoms with Crippen LogP contribution in [0.5, 0.6) is 11.5 Å². The van der Waals surface area contributed by atoms with E-state index in [-0.39, 0.29) is 25.4 Å².